The minimum absolute atomic E-state index is 0.0753. The van der Waals surface area contributed by atoms with Gasteiger partial charge in [0.15, 0.2) is 0 Å². The van der Waals surface area contributed by atoms with Gasteiger partial charge in [-0.15, -0.1) is 0 Å². The third-order valence-electron chi connectivity index (χ3n) is 2.66. The molecule has 1 fully saturated rings. The average Bonchev–Trinajstić information content (AvgIpc) is 2.00. The van der Waals surface area contributed by atoms with Crippen molar-refractivity contribution in [1.29, 1.82) is 0 Å². The SMILES string of the molecule is CC(C)(C)CCN1CCCC(O)C1. The minimum Gasteiger partial charge on any atom is -0.392 e. The fourth-order valence-corrected chi connectivity index (χ4v) is 1.73. The Balaban J connectivity index is 2.21. The first-order valence-corrected chi connectivity index (χ1v) is 5.38. The third kappa shape index (κ3) is 4.63. The van der Waals surface area contributed by atoms with E-state index in [0.29, 0.717) is 5.41 Å². The van der Waals surface area contributed by atoms with E-state index in [1.807, 2.05) is 0 Å². The van der Waals surface area contributed by atoms with Crippen LogP contribution in [0.2, 0.25) is 0 Å². The smallest absolute Gasteiger partial charge is 0.0667 e. The second-order valence-corrected chi connectivity index (χ2v) is 5.41. The van der Waals surface area contributed by atoms with Crippen molar-refractivity contribution in [2.75, 3.05) is 19.6 Å². The summed E-state index contributed by atoms with van der Waals surface area (Å²) in [6.45, 7) is 10.0. The molecule has 0 aliphatic carbocycles. The Bertz CT molecular complexity index is 151. The van der Waals surface area contributed by atoms with Gasteiger partial charge in [0.25, 0.3) is 0 Å². The highest BCUT2D eigenvalue weighted by atomic mass is 16.3. The summed E-state index contributed by atoms with van der Waals surface area (Å²) < 4.78 is 0. The molecule has 1 N–H and O–H groups in total. The van der Waals surface area contributed by atoms with Gasteiger partial charge in [0.2, 0.25) is 0 Å². The van der Waals surface area contributed by atoms with Crippen LogP contribution in [0.3, 0.4) is 0 Å². The number of aliphatic hydroxyl groups is 1. The van der Waals surface area contributed by atoms with Gasteiger partial charge in [0, 0.05) is 6.54 Å². The Hall–Kier alpha value is -0.0800. The molecular weight excluding hydrogens is 162 g/mol. The number of β-amino-alcohol motifs (C(OH)–C–C–N with tert-alkyl or cyclic N) is 1. The van der Waals surface area contributed by atoms with Crippen LogP contribution in [0, 0.1) is 5.41 Å². The normalized spacial score (nSPS) is 26.3. The molecule has 0 spiro atoms. The number of piperidine rings is 1. The highest BCUT2D eigenvalue weighted by Crippen LogP contribution is 2.20. The lowest BCUT2D eigenvalue weighted by Crippen LogP contribution is -2.39. The maximum Gasteiger partial charge on any atom is 0.0667 e. The van der Waals surface area contributed by atoms with E-state index >= 15 is 0 Å². The molecule has 0 aromatic heterocycles. The van der Waals surface area contributed by atoms with E-state index in [0.717, 1.165) is 25.9 Å². The van der Waals surface area contributed by atoms with Crippen LogP contribution in [0.5, 0.6) is 0 Å². The van der Waals surface area contributed by atoms with Gasteiger partial charge < -0.3 is 10.0 Å². The van der Waals surface area contributed by atoms with Gasteiger partial charge in [-0.25, -0.2) is 0 Å². The predicted octanol–water partition coefficient (Wildman–Crippen LogP) is 1.88. The summed E-state index contributed by atoms with van der Waals surface area (Å²) in [7, 11) is 0. The molecule has 1 atom stereocenters. The Morgan fingerprint density at radius 1 is 1.38 bits per heavy atom. The van der Waals surface area contributed by atoms with Gasteiger partial charge in [-0.1, -0.05) is 20.8 Å². The zero-order valence-electron chi connectivity index (χ0n) is 9.21. The van der Waals surface area contributed by atoms with Crippen LogP contribution in [0.25, 0.3) is 0 Å². The maximum absolute atomic E-state index is 9.47. The summed E-state index contributed by atoms with van der Waals surface area (Å²) in [6.07, 6.45) is 3.30. The van der Waals surface area contributed by atoms with Gasteiger partial charge >= 0.3 is 0 Å². The van der Waals surface area contributed by atoms with E-state index in [9.17, 15) is 5.11 Å². The van der Waals surface area contributed by atoms with Crippen molar-refractivity contribution < 1.29 is 5.11 Å². The summed E-state index contributed by atoms with van der Waals surface area (Å²) in [5.74, 6) is 0. The fraction of sp³-hybridized carbons (Fsp3) is 1.00. The van der Waals surface area contributed by atoms with E-state index in [1.54, 1.807) is 0 Å². The van der Waals surface area contributed by atoms with Crippen LogP contribution < -0.4 is 0 Å². The summed E-state index contributed by atoms with van der Waals surface area (Å²) in [5.41, 5.74) is 0.419. The van der Waals surface area contributed by atoms with Crippen molar-refractivity contribution in [3.8, 4) is 0 Å². The van der Waals surface area contributed by atoms with Crippen LogP contribution >= 0.6 is 0 Å². The zero-order valence-corrected chi connectivity index (χ0v) is 9.21. The lowest BCUT2D eigenvalue weighted by molar-refractivity contribution is 0.0649. The number of nitrogens with zero attached hydrogens (tertiary/aromatic N) is 1. The second kappa shape index (κ2) is 4.43. The quantitative estimate of drug-likeness (QED) is 0.710. The predicted molar refractivity (Wildman–Crippen MR) is 55.8 cm³/mol. The molecule has 2 heteroatoms. The van der Waals surface area contributed by atoms with Gasteiger partial charge in [-0.05, 0) is 37.8 Å². The molecule has 1 rings (SSSR count). The van der Waals surface area contributed by atoms with Crippen molar-refractivity contribution in [2.24, 2.45) is 5.41 Å². The van der Waals surface area contributed by atoms with E-state index < -0.39 is 0 Å². The second-order valence-electron chi connectivity index (χ2n) is 5.41. The number of hydrogen-bond donors (Lipinski definition) is 1. The molecule has 1 saturated heterocycles. The highest BCUT2D eigenvalue weighted by molar-refractivity contribution is 4.73. The van der Waals surface area contributed by atoms with Crippen molar-refractivity contribution in [2.45, 2.75) is 46.1 Å². The van der Waals surface area contributed by atoms with Crippen LogP contribution in [0.4, 0.5) is 0 Å². The van der Waals surface area contributed by atoms with E-state index in [-0.39, 0.29) is 6.10 Å². The molecule has 0 aromatic carbocycles. The first-order valence-electron chi connectivity index (χ1n) is 5.38. The topological polar surface area (TPSA) is 23.5 Å². The average molecular weight is 185 g/mol. The van der Waals surface area contributed by atoms with Crippen molar-refractivity contribution in [3.63, 3.8) is 0 Å². The van der Waals surface area contributed by atoms with Gasteiger partial charge in [-0.2, -0.15) is 0 Å². The maximum atomic E-state index is 9.47. The molecule has 1 aliphatic heterocycles. The third-order valence-corrected chi connectivity index (χ3v) is 2.66. The molecule has 1 heterocycles. The van der Waals surface area contributed by atoms with Crippen LogP contribution in [-0.2, 0) is 0 Å². The van der Waals surface area contributed by atoms with Gasteiger partial charge in [0.05, 0.1) is 6.10 Å². The zero-order chi connectivity index (χ0) is 9.90. The number of likely N-dealkylation sites (tertiary alicyclic amines) is 1. The number of rotatable bonds is 2. The molecule has 0 amide bonds. The monoisotopic (exact) mass is 185 g/mol. The molecule has 0 radical (unpaired) electrons. The Kier molecular flexibility index (Phi) is 3.74. The highest BCUT2D eigenvalue weighted by Gasteiger charge is 2.19. The van der Waals surface area contributed by atoms with E-state index in [2.05, 4.69) is 25.7 Å². The largest absolute Gasteiger partial charge is 0.392 e. The minimum atomic E-state index is -0.0753. The molecule has 2 nitrogen and oxygen atoms in total. The van der Waals surface area contributed by atoms with Crippen LogP contribution in [-0.4, -0.2) is 35.7 Å². The summed E-state index contributed by atoms with van der Waals surface area (Å²) in [4.78, 5) is 2.39. The first kappa shape index (κ1) is 11.0. The van der Waals surface area contributed by atoms with E-state index in [1.165, 1.54) is 13.0 Å². The molecule has 0 bridgehead atoms. The molecule has 0 saturated carbocycles. The van der Waals surface area contributed by atoms with Crippen molar-refractivity contribution in [1.82, 2.24) is 4.90 Å². The molecule has 1 aliphatic rings. The number of aliphatic hydroxyl groups excluding tert-OH is 1. The molecule has 1 unspecified atom stereocenters. The van der Waals surface area contributed by atoms with E-state index in [4.69, 9.17) is 0 Å². The number of hydrogen-bond acceptors (Lipinski definition) is 2. The Morgan fingerprint density at radius 3 is 2.62 bits per heavy atom. The summed E-state index contributed by atoms with van der Waals surface area (Å²) in [5, 5.41) is 9.47. The van der Waals surface area contributed by atoms with Gasteiger partial charge in [-0.3, -0.25) is 0 Å². The van der Waals surface area contributed by atoms with Crippen molar-refractivity contribution in [3.05, 3.63) is 0 Å². The first-order chi connectivity index (χ1) is 5.97. The summed E-state index contributed by atoms with van der Waals surface area (Å²) in [6, 6.07) is 0. The molecular formula is C11H23NO. The Labute approximate surface area is 81.9 Å². The molecule has 0 aromatic rings. The van der Waals surface area contributed by atoms with Crippen LogP contribution in [0.15, 0.2) is 0 Å². The van der Waals surface area contributed by atoms with Crippen molar-refractivity contribution >= 4 is 0 Å². The standard InChI is InChI=1S/C11H23NO/c1-11(2,3)6-8-12-7-4-5-10(13)9-12/h10,13H,4-9H2,1-3H3. The summed E-state index contributed by atoms with van der Waals surface area (Å²) >= 11 is 0. The lowest BCUT2D eigenvalue weighted by Gasteiger charge is -2.32. The van der Waals surface area contributed by atoms with Gasteiger partial charge in [0.1, 0.15) is 0 Å². The fourth-order valence-electron chi connectivity index (χ4n) is 1.73. The Morgan fingerprint density at radius 2 is 2.08 bits per heavy atom. The molecule has 13 heavy (non-hydrogen) atoms. The van der Waals surface area contributed by atoms with Crippen LogP contribution in [0.1, 0.15) is 40.0 Å². The molecule has 78 valence electrons. The lowest BCUT2D eigenvalue weighted by atomic mass is 9.92.